The summed E-state index contributed by atoms with van der Waals surface area (Å²) in [5.41, 5.74) is 1.14. The van der Waals surface area contributed by atoms with E-state index in [1.54, 1.807) is 7.11 Å². The van der Waals surface area contributed by atoms with Crippen LogP contribution in [-0.4, -0.2) is 45.4 Å². The highest BCUT2D eigenvalue weighted by Gasteiger charge is 2.25. The van der Waals surface area contributed by atoms with E-state index in [2.05, 4.69) is 16.3 Å². The molecule has 3 rings (SSSR count). The zero-order valence-corrected chi connectivity index (χ0v) is 15.2. The number of benzene rings is 1. The fourth-order valence-corrected chi connectivity index (χ4v) is 3.84. The minimum Gasteiger partial charge on any atom is -0.495 e. The summed E-state index contributed by atoms with van der Waals surface area (Å²) in [6.07, 6.45) is 7.33. The third-order valence-electron chi connectivity index (χ3n) is 5.30. The van der Waals surface area contributed by atoms with Crippen molar-refractivity contribution in [3.63, 3.8) is 0 Å². The van der Waals surface area contributed by atoms with Crippen LogP contribution in [0.5, 0.6) is 5.75 Å². The van der Waals surface area contributed by atoms with E-state index in [0.29, 0.717) is 5.92 Å². The molecule has 5 nitrogen and oxygen atoms in total. The van der Waals surface area contributed by atoms with Gasteiger partial charge >= 0.3 is 0 Å². The summed E-state index contributed by atoms with van der Waals surface area (Å²) >= 11 is 0. The second-order valence-electron chi connectivity index (χ2n) is 7.15. The van der Waals surface area contributed by atoms with Crippen molar-refractivity contribution in [2.45, 2.75) is 44.6 Å². The molecule has 1 saturated heterocycles. The van der Waals surface area contributed by atoms with Gasteiger partial charge in [-0.25, -0.2) is 0 Å². The molecule has 0 aromatic heterocycles. The average Bonchev–Trinajstić information content (AvgIpc) is 3.14. The molecule has 1 heterocycles. The van der Waals surface area contributed by atoms with Gasteiger partial charge in [-0.2, -0.15) is 0 Å². The van der Waals surface area contributed by atoms with E-state index in [1.807, 2.05) is 18.2 Å². The maximum Gasteiger partial charge on any atom is 0.246 e. The molecule has 0 radical (unpaired) electrons. The minimum atomic E-state index is 0.0151. The van der Waals surface area contributed by atoms with E-state index < -0.39 is 0 Å². The summed E-state index contributed by atoms with van der Waals surface area (Å²) in [6, 6.07) is 8.11. The highest BCUT2D eigenvalue weighted by Crippen LogP contribution is 2.31. The Balaban J connectivity index is 1.38. The lowest BCUT2D eigenvalue weighted by molar-refractivity contribution is -0.128. The Morgan fingerprint density at radius 3 is 2.80 bits per heavy atom. The maximum atomic E-state index is 12.0. The molecule has 5 heteroatoms. The molecule has 0 spiro atoms. The van der Waals surface area contributed by atoms with Gasteiger partial charge in [-0.15, -0.1) is 0 Å². The van der Waals surface area contributed by atoms with Crippen molar-refractivity contribution in [1.29, 1.82) is 0 Å². The summed E-state index contributed by atoms with van der Waals surface area (Å²) in [6.45, 7) is 2.87. The molecule has 1 amide bonds. The summed E-state index contributed by atoms with van der Waals surface area (Å²) in [7, 11) is 1.71. The molecule has 25 heavy (non-hydrogen) atoms. The second-order valence-corrected chi connectivity index (χ2v) is 7.15. The number of rotatable bonds is 7. The van der Waals surface area contributed by atoms with Crippen molar-refractivity contribution in [3.8, 4) is 5.75 Å². The first-order chi connectivity index (χ1) is 12.3. The minimum absolute atomic E-state index is 0.0151. The number of para-hydroxylation sites is 2. The summed E-state index contributed by atoms with van der Waals surface area (Å²) < 4.78 is 11.2. The number of hydrogen-bond donors (Lipinski definition) is 1. The van der Waals surface area contributed by atoms with Gasteiger partial charge in [0.1, 0.15) is 12.4 Å². The summed E-state index contributed by atoms with van der Waals surface area (Å²) in [4.78, 5) is 14.4. The SMILES string of the molecule is COc1ccccc1N1CCC(CNC(=O)COC2CCCCC2)C1. The van der Waals surface area contributed by atoms with Gasteiger partial charge in [0.05, 0.1) is 18.9 Å². The quantitative estimate of drug-likeness (QED) is 0.825. The molecule has 2 fully saturated rings. The number of carbonyl (C=O) groups excluding carboxylic acids is 1. The van der Waals surface area contributed by atoms with Gasteiger partial charge in [-0.1, -0.05) is 31.4 Å². The van der Waals surface area contributed by atoms with Gasteiger partial charge in [-0.05, 0) is 37.3 Å². The van der Waals surface area contributed by atoms with Crippen LogP contribution in [0.2, 0.25) is 0 Å². The van der Waals surface area contributed by atoms with Crippen LogP contribution < -0.4 is 15.0 Å². The van der Waals surface area contributed by atoms with Gasteiger partial charge in [0.2, 0.25) is 5.91 Å². The largest absolute Gasteiger partial charge is 0.495 e. The first-order valence-corrected chi connectivity index (χ1v) is 9.52. The normalized spacial score (nSPS) is 21.3. The monoisotopic (exact) mass is 346 g/mol. The zero-order valence-electron chi connectivity index (χ0n) is 15.2. The zero-order chi connectivity index (χ0) is 17.5. The van der Waals surface area contributed by atoms with Gasteiger partial charge in [0, 0.05) is 19.6 Å². The van der Waals surface area contributed by atoms with Crippen molar-refractivity contribution < 1.29 is 14.3 Å². The number of carbonyl (C=O) groups is 1. The molecule has 1 atom stereocenters. The van der Waals surface area contributed by atoms with Crippen molar-refractivity contribution in [3.05, 3.63) is 24.3 Å². The Morgan fingerprint density at radius 2 is 2.00 bits per heavy atom. The predicted molar refractivity (Wildman–Crippen MR) is 99.1 cm³/mol. The topological polar surface area (TPSA) is 50.8 Å². The van der Waals surface area contributed by atoms with E-state index in [1.165, 1.54) is 19.3 Å². The lowest BCUT2D eigenvalue weighted by Gasteiger charge is -2.22. The van der Waals surface area contributed by atoms with Gasteiger partial charge < -0.3 is 19.7 Å². The molecule has 0 bridgehead atoms. The Kier molecular flexibility index (Phi) is 6.56. The standard InChI is InChI=1S/C20H30N2O3/c1-24-19-10-6-5-9-18(19)22-12-11-16(14-22)13-21-20(23)15-25-17-7-3-2-4-8-17/h5-6,9-10,16-17H,2-4,7-8,11-15H2,1H3,(H,21,23). The van der Waals surface area contributed by atoms with Crippen LogP contribution in [0.1, 0.15) is 38.5 Å². The van der Waals surface area contributed by atoms with Crippen LogP contribution in [0.3, 0.4) is 0 Å². The Bertz CT molecular complexity index is 558. The number of anilines is 1. The van der Waals surface area contributed by atoms with E-state index in [9.17, 15) is 4.79 Å². The van der Waals surface area contributed by atoms with Gasteiger partial charge in [-0.3, -0.25) is 4.79 Å². The van der Waals surface area contributed by atoms with Crippen molar-refractivity contribution >= 4 is 11.6 Å². The Hall–Kier alpha value is -1.75. The fraction of sp³-hybridized carbons (Fsp3) is 0.650. The third-order valence-corrected chi connectivity index (χ3v) is 5.30. The molecule has 1 N–H and O–H groups in total. The fourth-order valence-electron chi connectivity index (χ4n) is 3.84. The maximum absolute atomic E-state index is 12.0. The van der Waals surface area contributed by atoms with Gasteiger partial charge in [0.25, 0.3) is 0 Å². The lowest BCUT2D eigenvalue weighted by atomic mass is 9.98. The van der Waals surface area contributed by atoms with E-state index in [-0.39, 0.29) is 18.6 Å². The number of ether oxygens (including phenoxy) is 2. The number of methoxy groups -OCH3 is 1. The van der Waals surface area contributed by atoms with Crippen LogP contribution in [0.4, 0.5) is 5.69 Å². The molecule has 1 aliphatic carbocycles. The molecule has 1 aliphatic heterocycles. The van der Waals surface area contributed by atoms with Crippen molar-refractivity contribution in [1.82, 2.24) is 5.32 Å². The number of amides is 1. The highest BCUT2D eigenvalue weighted by atomic mass is 16.5. The molecule has 1 aromatic carbocycles. The predicted octanol–water partition coefficient (Wildman–Crippen LogP) is 2.99. The Morgan fingerprint density at radius 1 is 1.20 bits per heavy atom. The smallest absolute Gasteiger partial charge is 0.246 e. The summed E-state index contributed by atoms with van der Waals surface area (Å²) in [5.74, 6) is 1.40. The van der Waals surface area contributed by atoms with Crippen molar-refractivity contribution in [2.75, 3.05) is 38.3 Å². The number of nitrogens with one attached hydrogen (secondary N) is 1. The average molecular weight is 346 g/mol. The molecule has 1 unspecified atom stereocenters. The second kappa shape index (κ2) is 9.09. The number of hydrogen-bond acceptors (Lipinski definition) is 4. The van der Waals surface area contributed by atoms with E-state index >= 15 is 0 Å². The Labute approximate surface area is 150 Å². The third kappa shape index (κ3) is 5.11. The van der Waals surface area contributed by atoms with Crippen LogP contribution in [0.15, 0.2) is 24.3 Å². The molecular weight excluding hydrogens is 316 g/mol. The molecular formula is C20H30N2O3. The van der Waals surface area contributed by atoms with Gasteiger partial charge in [0.15, 0.2) is 0 Å². The van der Waals surface area contributed by atoms with E-state index in [0.717, 1.165) is 50.3 Å². The first kappa shape index (κ1) is 18.1. The van der Waals surface area contributed by atoms with Crippen LogP contribution >= 0.6 is 0 Å². The van der Waals surface area contributed by atoms with E-state index in [4.69, 9.17) is 9.47 Å². The molecule has 2 aliphatic rings. The highest BCUT2D eigenvalue weighted by molar-refractivity contribution is 5.77. The lowest BCUT2D eigenvalue weighted by Crippen LogP contribution is -2.34. The molecule has 1 saturated carbocycles. The summed E-state index contributed by atoms with van der Waals surface area (Å²) in [5, 5.41) is 3.04. The molecule has 138 valence electrons. The molecule has 1 aromatic rings. The van der Waals surface area contributed by atoms with Crippen LogP contribution in [-0.2, 0) is 9.53 Å². The first-order valence-electron chi connectivity index (χ1n) is 9.52. The van der Waals surface area contributed by atoms with Crippen molar-refractivity contribution in [2.24, 2.45) is 5.92 Å². The number of nitrogens with zero attached hydrogens (tertiary/aromatic N) is 1. The van der Waals surface area contributed by atoms with Crippen LogP contribution in [0.25, 0.3) is 0 Å². The van der Waals surface area contributed by atoms with Crippen LogP contribution in [0, 0.1) is 5.92 Å².